The lowest BCUT2D eigenvalue weighted by Crippen LogP contribution is -2.49. The first kappa shape index (κ1) is 25.0. The predicted molar refractivity (Wildman–Crippen MR) is 133 cm³/mol. The zero-order valence-electron chi connectivity index (χ0n) is 20.0. The van der Waals surface area contributed by atoms with E-state index < -0.39 is 0 Å². The molecule has 188 valence electrons. The molecule has 2 aromatic rings. The average molecular weight is 503 g/mol. The van der Waals surface area contributed by atoms with Crippen molar-refractivity contribution in [2.24, 2.45) is 0 Å². The SMILES string of the molecule is COc1ccc(CNc2nc(N3CCN(C)C(=O)C3)ncc2C(=O)N[C@H]2CC[C@H](O)CC2)cc1Cl. The van der Waals surface area contributed by atoms with Crippen molar-refractivity contribution in [1.29, 1.82) is 0 Å². The second-order valence-corrected chi connectivity index (χ2v) is 9.38. The summed E-state index contributed by atoms with van der Waals surface area (Å²) in [5, 5.41) is 16.5. The highest BCUT2D eigenvalue weighted by atomic mass is 35.5. The van der Waals surface area contributed by atoms with E-state index in [0.29, 0.717) is 60.6 Å². The number of carbonyl (C=O) groups excluding carboxylic acids is 2. The van der Waals surface area contributed by atoms with Gasteiger partial charge in [-0.25, -0.2) is 4.98 Å². The Morgan fingerprint density at radius 2 is 2.03 bits per heavy atom. The van der Waals surface area contributed by atoms with Gasteiger partial charge in [0.2, 0.25) is 11.9 Å². The molecule has 1 saturated carbocycles. The Bertz CT molecular complexity index is 1080. The average Bonchev–Trinajstić information content (AvgIpc) is 2.85. The Balaban J connectivity index is 1.55. The van der Waals surface area contributed by atoms with Crippen LogP contribution in [0.1, 0.15) is 41.6 Å². The monoisotopic (exact) mass is 502 g/mol. The number of aromatic nitrogens is 2. The molecule has 11 heteroatoms. The van der Waals surface area contributed by atoms with Crippen LogP contribution < -0.4 is 20.3 Å². The molecule has 2 aliphatic rings. The number of likely N-dealkylation sites (N-methyl/N-ethyl adjacent to an activating group) is 1. The minimum atomic E-state index is -0.300. The first-order valence-electron chi connectivity index (χ1n) is 11.7. The lowest BCUT2D eigenvalue weighted by molar-refractivity contribution is -0.129. The highest BCUT2D eigenvalue weighted by molar-refractivity contribution is 6.32. The summed E-state index contributed by atoms with van der Waals surface area (Å²) in [5.74, 6) is 1.06. The van der Waals surface area contributed by atoms with Crippen molar-refractivity contribution in [3.63, 3.8) is 0 Å². The summed E-state index contributed by atoms with van der Waals surface area (Å²) in [7, 11) is 3.33. The number of rotatable bonds is 7. The van der Waals surface area contributed by atoms with E-state index in [-0.39, 0.29) is 30.5 Å². The van der Waals surface area contributed by atoms with E-state index in [2.05, 4.69) is 20.6 Å². The van der Waals surface area contributed by atoms with E-state index in [4.69, 9.17) is 16.3 Å². The molecule has 1 saturated heterocycles. The van der Waals surface area contributed by atoms with Crippen molar-refractivity contribution in [2.75, 3.05) is 44.0 Å². The molecule has 0 spiro atoms. The van der Waals surface area contributed by atoms with Crippen LogP contribution in [0.5, 0.6) is 5.75 Å². The van der Waals surface area contributed by atoms with Crippen molar-refractivity contribution in [3.8, 4) is 5.75 Å². The number of hydrogen-bond donors (Lipinski definition) is 3. The molecule has 0 bridgehead atoms. The number of piperazine rings is 1. The summed E-state index contributed by atoms with van der Waals surface area (Å²) in [6, 6.07) is 5.45. The van der Waals surface area contributed by atoms with Crippen LogP contribution in [0.15, 0.2) is 24.4 Å². The van der Waals surface area contributed by atoms with Gasteiger partial charge in [-0.2, -0.15) is 4.98 Å². The third-order valence-corrected chi connectivity index (χ3v) is 6.76. The summed E-state index contributed by atoms with van der Waals surface area (Å²) in [6.07, 6.45) is 3.99. The quantitative estimate of drug-likeness (QED) is 0.526. The van der Waals surface area contributed by atoms with Gasteiger partial charge in [0, 0.05) is 38.9 Å². The molecular weight excluding hydrogens is 472 g/mol. The van der Waals surface area contributed by atoms with E-state index >= 15 is 0 Å². The van der Waals surface area contributed by atoms with Gasteiger partial charge in [-0.15, -0.1) is 0 Å². The molecule has 1 aromatic carbocycles. The van der Waals surface area contributed by atoms with Crippen LogP contribution in [-0.2, 0) is 11.3 Å². The van der Waals surface area contributed by atoms with Crippen molar-refractivity contribution >= 4 is 35.2 Å². The highest BCUT2D eigenvalue weighted by Crippen LogP contribution is 2.26. The Labute approximate surface area is 209 Å². The second-order valence-electron chi connectivity index (χ2n) is 8.97. The summed E-state index contributed by atoms with van der Waals surface area (Å²) in [4.78, 5) is 37.8. The molecule has 2 fully saturated rings. The van der Waals surface area contributed by atoms with Crippen LogP contribution in [0.2, 0.25) is 5.02 Å². The maximum absolute atomic E-state index is 13.1. The molecule has 1 aromatic heterocycles. The minimum absolute atomic E-state index is 0.00549. The fourth-order valence-corrected chi connectivity index (χ4v) is 4.52. The molecule has 1 aliphatic carbocycles. The topological polar surface area (TPSA) is 120 Å². The van der Waals surface area contributed by atoms with Gasteiger partial charge in [0.15, 0.2) is 0 Å². The largest absolute Gasteiger partial charge is 0.495 e. The molecule has 0 atom stereocenters. The van der Waals surface area contributed by atoms with Gasteiger partial charge in [-0.3, -0.25) is 9.59 Å². The number of halogens is 1. The number of aliphatic hydroxyl groups is 1. The zero-order valence-corrected chi connectivity index (χ0v) is 20.7. The van der Waals surface area contributed by atoms with Crippen LogP contribution in [0.4, 0.5) is 11.8 Å². The number of nitrogens with one attached hydrogen (secondary N) is 2. The van der Waals surface area contributed by atoms with Crippen LogP contribution in [0, 0.1) is 0 Å². The van der Waals surface area contributed by atoms with Gasteiger partial charge in [0.1, 0.15) is 17.1 Å². The van der Waals surface area contributed by atoms with Crippen molar-refractivity contribution in [2.45, 2.75) is 44.4 Å². The normalized spacial score (nSPS) is 20.5. The number of nitrogens with zero attached hydrogens (tertiary/aromatic N) is 4. The van der Waals surface area contributed by atoms with Crippen LogP contribution in [0.25, 0.3) is 0 Å². The number of ether oxygens (including phenoxy) is 1. The smallest absolute Gasteiger partial charge is 0.256 e. The third-order valence-electron chi connectivity index (χ3n) is 6.47. The van der Waals surface area contributed by atoms with Gasteiger partial charge >= 0.3 is 0 Å². The number of aliphatic hydroxyl groups excluding tert-OH is 1. The molecule has 0 radical (unpaired) electrons. The van der Waals surface area contributed by atoms with Gasteiger partial charge in [-0.05, 0) is 43.4 Å². The van der Waals surface area contributed by atoms with Crippen LogP contribution in [0.3, 0.4) is 0 Å². The van der Waals surface area contributed by atoms with Crippen LogP contribution >= 0.6 is 11.6 Å². The van der Waals surface area contributed by atoms with Gasteiger partial charge in [-0.1, -0.05) is 17.7 Å². The Morgan fingerprint density at radius 1 is 1.26 bits per heavy atom. The predicted octanol–water partition coefficient (Wildman–Crippen LogP) is 2.06. The lowest BCUT2D eigenvalue weighted by atomic mass is 9.93. The number of hydrogen-bond acceptors (Lipinski definition) is 8. The Hall–Kier alpha value is -3.11. The third kappa shape index (κ3) is 6.12. The van der Waals surface area contributed by atoms with E-state index in [1.54, 1.807) is 31.2 Å². The van der Waals surface area contributed by atoms with E-state index in [1.807, 2.05) is 11.0 Å². The first-order chi connectivity index (χ1) is 16.8. The minimum Gasteiger partial charge on any atom is -0.495 e. The molecule has 1 aliphatic heterocycles. The standard InChI is InChI=1S/C24H31ClN6O4/c1-30-9-10-31(14-21(30)33)24-27-13-18(23(34)28-16-4-6-17(32)7-5-16)22(29-24)26-12-15-3-8-20(35-2)19(25)11-15/h3,8,11,13,16-17,32H,4-7,9-10,12,14H2,1-2H3,(H,28,34)(H,26,27,29)/t16-,17-. The maximum atomic E-state index is 13.1. The maximum Gasteiger partial charge on any atom is 0.256 e. The van der Waals surface area contributed by atoms with E-state index in [9.17, 15) is 14.7 Å². The summed E-state index contributed by atoms with van der Waals surface area (Å²) in [5.41, 5.74) is 1.21. The number of amides is 2. The van der Waals surface area contributed by atoms with E-state index in [1.165, 1.54) is 6.20 Å². The molecular formula is C24H31ClN6O4. The molecule has 2 amide bonds. The fraction of sp³-hybridized carbons (Fsp3) is 0.500. The molecule has 10 nitrogen and oxygen atoms in total. The summed E-state index contributed by atoms with van der Waals surface area (Å²) < 4.78 is 5.21. The fourth-order valence-electron chi connectivity index (χ4n) is 4.24. The highest BCUT2D eigenvalue weighted by Gasteiger charge is 2.26. The van der Waals surface area contributed by atoms with Gasteiger partial charge in [0.05, 0.1) is 24.8 Å². The molecule has 3 N–H and O–H groups in total. The summed E-state index contributed by atoms with van der Waals surface area (Å²) >= 11 is 6.26. The molecule has 0 unspecified atom stereocenters. The van der Waals surface area contributed by atoms with Gasteiger partial charge < -0.3 is 30.3 Å². The number of methoxy groups -OCH3 is 1. The lowest BCUT2D eigenvalue weighted by Gasteiger charge is -2.32. The molecule has 4 rings (SSSR count). The van der Waals surface area contributed by atoms with E-state index in [0.717, 1.165) is 18.4 Å². The van der Waals surface area contributed by atoms with Crippen LogP contribution in [-0.4, -0.2) is 77.7 Å². The second kappa shape index (κ2) is 11.1. The van der Waals surface area contributed by atoms with Crippen molar-refractivity contribution in [3.05, 3.63) is 40.5 Å². The van der Waals surface area contributed by atoms with Gasteiger partial charge in [0.25, 0.3) is 5.91 Å². The van der Waals surface area contributed by atoms with Crippen molar-refractivity contribution < 1.29 is 19.4 Å². The molecule has 35 heavy (non-hydrogen) atoms. The number of carbonyl (C=O) groups is 2. The Morgan fingerprint density at radius 3 is 2.71 bits per heavy atom. The molecule has 2 heterocycles. The zero-order chi connectivity index (χ0) is 24.9. The first-order valence-corrected chi connectivity index (χ1v) is 12.1. The van der Waals surface area contributed by atoms with Crippen molar-refractivity contribution in [1.82, 2.24) is 20.2 Å². The number of benzene rings is 1. The Kier molecular flexibility index (Phi) is 7.92. The number of anilines is 2. The summed E-state index contributed by atoms with van der Waals surface area (Å²) in [6.45, 7) is 1.73.